The van der Waals surface area contributed by atoms with Gasteiger partial charge in [0.2, 0.25) is 0 Å². The lowest BCUT2D eigenvalue weighted by molar-refractivity contribution is -0.118. The molecule has 36 heavy (non-hydrogen) atoms. The van der Waals surface area contributed by atoms with Crippen molar-refractivity contribution in [3.8, 4) is 0 Å². The summed E-state index contributed by atoms with van der Waals surface area (Å²) in [5.41, 5.74) is 4.41. The number of carbonyl (C=O) groups is 1. The van der Waals surface area contributed by atoms with Gasteiger partial charge in [0.25, 0.3) is 5.91 Å². The predicted molar refractivity (Wildman–Crippen MR) is 138 cm³/mol. The third-order valence-electron chi connectivity index (χ3n) is 7.56. The molecule has 0 bridgehead atoms. The van der Waals surface area contributed by atoms with Crippen molar-refractivity contribution < 1.29 is 4.79 Å². The van der Waals surface area contributed by atoms with E-state index in [2.05, 4.69) is 51.1 Å². The molecule has 1 atom stereocenters. The van der Waals surface area contributed by atoms with Crippen LogP contribution < -0.4 is 11.0 Å². The number of unbranched alkanes of at least 4 members (excludes halogenated alkanes) is 4. The minimum absolute atomic E-state index is 0.227. The zero-order valence-corrected chi connectivity index (χ0v) is 21.2. The summed E-state index contributed by atoms with van der Waals surface area (Å²) in [5, 5.41) is 17.6. The maximum Gasteiger partial charge on any atom is 0.366 e. The van der Waals surface area contributed by atoms with Crippen LogP contribution in [-0.2, 0) is 29.7 Å². The molecule has 0 spiro atoms. The molecule has 1 aromatic carbocycles. The Morgan fingerprint density at radius 3 is 2.64 bits per heavy atom. The Kier molecular flexibility index (Phi) is 6.89. The Balaban J connectivity index is 1.48. The average Bonchev–Trinajstić information content (AvgIpc) is 3.53. The van der Waals surface area contributed by atoms with E-state index in [4.69, 9.17) is 0 Å². The molecule has 2 aromatic heterocycles. The number of tetrazole rings is 1. The van der Waals surface area contributed by atoms with Crippen LogP contribution in [0, 0.1) is 0 Å². The molecule has 2 N–H and O–H groups in total. The second-order valence-corrected chi connectivity index (χ2v) is 10.3. The molecule has 1 aliphatic carbocycles. The van der Waals surface area contributed by atoms with Crippen LogP contribution in [0.1, 0.15) is 87.5 Å². The van der Waals surface area contributed by atoms with Crippen molar-refractivity contribution in [1.82, 2.24) is 35.3 Å². The van der Waals surface area contributed by atoms with Gasteiger partial charge in [-0.15, -0.1) is 0 Å². The third-order valence-corrected chi connectivity index (χ3v) is 7.56. The summed E-state index contributed by atoms with van der Waals surface area (Å²) >= 11 is 0. The van der Waals surface area contributed by atoms with Gasteiger partial charge >= 0.3 is 5.69 Å². The van der Waals surface area contributed by atoms with Gasteiger partial charge < -0.3 is 5.32 Å². The van der Waals surface area contributed by atoms with Crippen LogP contribution in [0.5, 0.6) is 0 Å². The molecular formula is C27H35N7O2. The number of aromatic nitrogens is 6. The first kappa shape index (κ1) is 24.2. The topological polar surface area (TPSA) is 110 Å². The summed E-state index contributed by atoms with van der Waals surface area (Å²) in [7, 11) is 0. The first-order valence-electron chi connectivity index (χ1n) is 13.2. The maximum absolute atomic E-state index is 13.5. The number of hydrogen-bond donors (Lipinski definition) is 2. The second kappa shape index (κ2) is 10.2. The summed E-state index contributed by atoms with van der Waals surface area (Å²) in [4.78, 5) is 26.0. The fraction of sp³-hybridized carbons (Fsp3) is 0.519. The molecule has 5 rings (SSSR count). The lowest BCUT2D eigenvalue weighted by atomic mass is 9.79. The van der Waals surface area contributed by atoms with Crippen molar-refractivity contribution in [3.63, 3.8) is 0 Å². The van der Waals surface area contributed by atoms with Gasteiger partial charge in [0.15, 0.2) is 0 Å². The normalized spacial score (nSPS) is 19.9. The van der Waals surface area contributed by atoms with Crippen molar-refractivity contribution in [3.05, 3.63) is 63.3 Å². The number of aryl methyl sites for hydroxylation is 3. The van der Waals surface area contributed by atoms with Gasteiger partial charge in [0, 0.05) is 24.7 Å². The van der Waals surface area contributed by atoms with Gasteiger partial charge in [-0.05, 0) is 71.7 Å². The van der Waals surface area contributed by atoms with Gasteiger partial charge in [-0.3, -0.25) is 9.48 Å². The Labute approximate surface area is 211 Å². The van der Waals surface area contributed by atoms with Gasteiger partial charge in [0.1, 0.15) is 5.70 Å². The molecule has 3 heterocycles. The molecule has 1 amide bonds. The van der Waals surface area contributed by atoms with Gasteiger partial charge in [-0.2, -0.15) is 9.78 Å². The summed E-state index contributed by atoms with van der Waals surface area (Å²) in [5.74, 6) is -0.347. The standard InChI is InChI=1S/C27H35N7O2/c1-3-4-5-6-9-14-33-18-22(17-28-33)27(2)16-23(21-13-12-19-10-7-8-11-20(19)15-21)24(25(35)29-27)34-26(36)30-31-32-34/h12-13,15,17-18H,3-11,14,16H2,1-2H3,(H,29,35)(H,30,32,36)/t27-/m0/s1. The van der Waals surface area contributed by atoms with E-state index in [1.54, 1.807) is 0 Å². The Morgan fingerprint density at radius 1 is 1.06 bits per heavy atom. The number of hydrogen-bond acceptors (Lipinski definition) is 5. The molecule has 0 radical (unpaired) electrons. The molecule has 9 nitrogen and oxygen atoms in total. The summed E-state index contributed by atoms with van der Waals surface area (Å²) in [6, 6.07) is 6.43. The van der Waals surface area contributed by atoms with Crippen LogP contribution in [0.25, 0.3) is 11.3 Å². The Hall–Kier alpha value is -3.49. The van der Waals surface area contributed by atoms with Crippen LogP contribution in [0.15, 0.2) is 35.4 Å². The molecular weight excluding hydrogens is 454 g/mol. The fourth-order valence-corrected chi connectivity index (χ4v) is 5.48. The van der Waals surface area contributed by atoms with E-state index in [1.165, 1.54) is 49.7 Å². The van der Waals surface area contributed by atoms with Crippen molar-refractivity contribution in [1.29, 1.82) is 0 Å². The van der Waals surface area contributed by atoms with E-state index in [1.807, 2.05) is 24.0 Å². The van der Waals surface area contributed by atoms with Crippen molar-refractivity contribution in [2.75, 3.05) is 0 Å². The quantitative estimate of drug-likeness (QED) is 0.444. The van der Waals surface area contributed by atoms with Crippen molar-refractivity contribution in [2.24, 2.45) is 0 Å². The highest BCUT2D eigenvalue weighted by Gasteiger charge is 2.40. The molecule has 190 valence electrons. The molecule has 0 saturated carbocycles. The van der Waals surface area contributed by atoms with E-state index in [0.29, 0.717) is 6.42 Å². The first-order chi connectivity index (χ1) is 17.5. The van der Waals surface area contributed by atoms with Crippen LogP contribution in [0.3, 0.4) is 0 Å². The average molecular weight is 490 g/mol. The number of amides is 1. The number of benzene rings is 1. The smallest absolute Gasteiger partial charge is 0.341 e. The molecule has 9 heteroatoms. The number of aromatic amines is 1. The largest absolute Gasteiger partial charge is 0.366 e. The summed E-state index contributed by atoms with van der Waals surface area (Å²) in [6.07, 6.45) is 14.9. The minimum atomic E-state index is -0.667. The lowest BCUT2D eigenvalue weighted by Crippen LogP contribution is -2.49. The van der Waals surface area contributed by atoms with Gasteiger partial charge in [-0.25, -0.2) is 9.89 Å². The molecule has 3 aromatic rings. The molecule has 0 unspecified atom stereocenters. The first-order valence-corrected chi connectivity index (χ1v) is 13.2. The number of carbonyl (C=O) groups excluding carboxylic acids is 1. The second-order valence-electron chi connectivity index (χ2n) is 10.3. The van der Waals surface area contributed by atoms with Crippen LogP contribution in [0.2, 0.25) is 0 Å². The summed E-state index contributed by atoms with van der Waals surface area (Å²) in [6.45, 7) is 5.10. The maximum atomic E-state index is 13.5. The van der Waals surface area contributed by atoms with Crippen LogP contribution >= 0.6 is 0 Å². The van der Waals surface area contributed by atoms with E-state index < -0.39 is 11.2 Å². The zero-order valence-electron chi connectivity index (χ0n) is 21.2. The molecule has 2 aliphatic rings. The summed E-state index contributed by atoms with van der Waals surface area (Å²) < 4.78 is 3.04. The molecule has 0 saturated heterocycles. The number of fused-ring (bicyclic) bond motifs is 1. The fourth-order valence-electron chi connectivity index (χ4n) is 5.48. The highest BCUT2D eigenvalue weighted by Crippen LogP contribution is 2.40. The lowest BCUT2D eigenvalue weighted by Gasteiger charge is -2.36. The van der Waals surface area contributed by atoms with E-state index in [0.717, 1.165) is 47.2 Å². The Bertz CT molecular complexity index is 1330. The van der Waals surface area contributed by atoms with E-state index >= 15 is 0 Å². The number of rotatable bonds is 9. The monoisotopic (exact) mass is 489 g/mol. The Morgan fingerprint density at radius 2 is 1.86 bits per heavy atom. The molecule has 1 aliphatic heterocycles. The van der Waals surface area contributed by atoms with Crippen LogP contribution in [0.4, 0.5) is 0 Å². The SMILES string of the molecule is CCCCCCCn1cc([C@]2(C)CC(c3ccc4c(c3)CCCC4)=C(n3nn[nH]c3=O)C(=O)N2)cn1. The highest BCUT2D eigenvalue weighted by molar-refractivity contribution is 6.22. The number of H-pyrrole nitrogens is 1. The van der Waals surface area contributed by atoms with Gasteiger partial charge in [0.05, 0.1) is 11.7 Å². The van der Waals surface area contributed by atoms with Crippen molar-refractivity contribution in [2.45, 2.75) is 90.1 Å². The van der Waals surface area contributed by atoms with E-state index in [9.17, 15) is 9.59 Å². The number of nitrogens with zero attached hydrogens (tertiary/aromatic N) is 5. The van der Waals surface area contributed by atoms with Crippen LogP contribution in [-0.4, -0.2) is 35.9 Å². The number of nitrogens with one attached hydrogen (secondary N) is 2. The van der Waals surface area contributed by atoms with Crippen molar-refractivity contribution >= 4 is 17.2 Å². The molecule has 0 fully saturated rings. The minimum Gasteiger partial charge on any atom is -0.341 e. The highest BCUT2D eigenvalue weighted by atomic mass is 16.2. The van der Waals surface area contributed by atoms with E-state index in [-0.39, 0.29) is 11.6 Å². The zero-order chi connectivity index (χ0) is 25.1. The third kappa shape index (κ3) is 4.79. The predicted octanol–water partition coefficient (Wildman–Crippen LogP) is 3.82. The van der Waals surface area contributed by atoms with Gasteiger partial charge in [-0.1, -0.05) is 50.8 Å².